The van der Waals surface area contributed by atoms with Crippen molar-refractivity contribution in [2.45, 2.75) is 52.0 Å². The molecule has 1 N–H and O–H groups in total. The summed E-state index contributed by atoms with van der Waals surface area (Å²) in [5, 5.41) is 5.18. The summed E-state index contributed by atoms with van der Waals surface area (Å²) in [6, 6.07) is 6.21. The molecule has 102 valence electrons. The Labute approximate surface area is 121 Å². The van der Waals surface area contributed by atoms with Gasteiger partial charge in [0.25, 0.3) is 0 Å². The van der Waals surface area contributed by atoms with E-state index in [1.807, 2.05) is 18.2 Å². The average molecular weight is 288 g/mol. The van der Waals surface area contributed by atoms with E-state index in [9.17, 15) is 0 Å². The van der Waals surface area contributed by atoms with E-state index in [2.05, 4.69) is 19.2 Å². The van der Waals surface area contributed by atoms with Crippen molar-refractivity contribution in [3.8, 4) is 0 Å². The number of hydrogen-bond acceptors (Lipinski definition) is 1. The summed E-state index contributed by atoms with van der Waals surface area (Å²) in [4.78, 5) is 0. The first-order valence-corrected chi connectivity index (χ1v) is 7.60. The monoisotopic (exact) mass is 287 g/mol. The Morgan fingerprint density at radius 2 is 1.94 bits per heavy atom. The van der Waals surface area contributed by atoms with Crippen LogP contribution in [0.5, 0.6) is 0 Å². The second kappa shape index (κ2) is 8.79. The van der Waals surface area contributed by atoms with Gasteiger partial charge in [0.2, 0.25) is 0 Å². The lowest BCUT2D eigenvalue weighted by atomic mass is 10.0. The molecule has 0 aliphatic carbocycles. The van der Waals surface area contributed by atoms with Crippen LogP contribution in [-0.2, 0) is 6.42 Å². The number of rotatable bonds is 8. The first-order chi connectivity index (χ1) is 8.67. The van der Waals surface area contributed by atoms with Gasteiger partial charge in [0.05, 0.1) is 0 Å². The molecule has 0 radical (unpaired) electrons. The fourth-order valence-corrected chi connectivity index (χ4v) is 2.43. The molecule has 0 saturated carbocycles. The second-order valence-corrected chi connectivity index (χ2v) is 5.58. The summed E-state index contributed by atoms with van der Waals surface area (Å²) < 4.78 is 0. The molecule has 1 atom stereocenters. The number of unbranched alkanes of at least 4 members (excludes halogenated alkanes) is 1. The lowest BCUT2D eigenvalue weighted by molar-refractivity contribution is 0.462. The maximum Gasteiger partial charge on any atom is 0.0439 e. The lowest BCUT2D eigenvalue weighted by Gasteiger charge is -2.19. The summed E-state index contributed by atoms with van der Waals surface area (Å²) >= 11 is 12.3. The molecule has 0 aromatic heterocycles. The van der Waals surface area contributed by atoms with Gasteiger partial charge in [-0.3, -0.25) is 0 Å². The van der Waals surface area contributed by atoms with Crippen LogP contribution in [0.3, 0.4) is 0 Å². The van der Waals surface area contributed by atoms with E-state index in [1.165, 1.54) is 19.3 Å². The van der Waals surface area contributed by atoms with Gasteiger partial charge >= 0.3 is 0 Å². The molecule has 0 fully saturated rings. The number of hydrogen-bond donors (Lipinski definition) is 1. The van der Waals surface area contributed by atoms with Crippen molar-refractivity contribution >= 4 is 23.2 Å². The summed E-state index contributed by atoms with van der Waals surface area (Å²) in [6.07, 6.45) is 5.79. The lowest BCUT2D eigenvalue weighted by Crippen LogP contribution is -2.31. The smallest absolute Gasteiger partial charge is 0.0439 e. The maximum absolute atomic E-state index is 6.22. The SMILES string of the molecule is CCCCC(Cc1cc(Cl)ccc1Cl)NCCC. The molecule has 1 unspecified atom stereocenters. The van der Waals surface area contributed by atoms with E-state index >= 15 is 0 Å². The maximum atomic E-state index is 6.22. The zero-order valence-corrected chi connectivity index (χ0v) is 12.8. The minimum absolute atomic E-state index is 0.501. The highest BCUT2D eigenvalue weighted by atomic mass is 35.5. The third kappa shape index (κ3) is 5.60. The Kier molecular flexibility index (Phi) is 7.73. The van der Waals surface area contributed by atoms with Crippen LogP contribution in [0, 0.1) is 0 Å². The quantitative estimate of drug-likeness (QED) is 0.702. The van der Waals surface area contributed by atoms with Crippen LogP contribution in [0.4, 0.5) is 0 Å². The molecule has 0 heterocycles. The highest BCUT2D eigenvalue weighted by Gasteiger charge is 2.11. The third-order valence-electron chi connectivity index (χ3n) is 3.06. The van der Waals surface area contributed by atoms with Gasteiger partial charge in [-0.1, -0.05) is 49.9 Å². The topological polar surface area (TPSA) is 12.0 Å². The van der Waals surface area contributed by atoms with Crippen molar-refractivity contribution in [3.63, 3.8) is 0 Å². The summed E-state index contributed by atoms with van der Waals surface area (Å²) in [6.45, 7) is 5.48. The molecule has 1 aromatic rings. The number of halogens is 2. The molecule has 1 nitrogen and oxygen atoms in total. The summed E-state index contributed by atoms with van der Waals surface area (Å²) in [5.74, 6) is 0. The first-order valence-electron chi connectivity index (χ1n) is 6.84. The van der Waals surface area contributed by atoms with Crippen LogP contribution in [0.15, 0.2) is 18.2 Å². The Morgan fingerprint density at radius 1 is 1.17 bits per heavy atom. The highest BCUT2D eigenvalue weighted by molar-refractivity contribution is 6.33. The molecule has 0 spiro atoms. The van der Waals surface area contributed by atoms with Crippen molar-refractivity contribution in [2.75, 3.05) is 6.54 Å². The molecule has 1 aromatic carbocycles. The van der Waals surface area contributed by atoms with E-state index < -0.39 is 0 Å². The van der Waals surface area contributed by atoms with Gasteiger partial charge in [0.1, 0.15) is 0 Å². The Morgan fingerprint density at radius 3 is 2.61 bits per heavy atom. The van der Waals surface area contributed by atoms with Gasteiger partial charge in [-0.05, 0) is 49.6 Å². The van der Waals surface area contributed by atoms with Gasteiger partial charge < -0.3 is 5.32 Å². The molecule has 0 saturated heterocycles. The van der Waals surface area contributed by atoms with E-state index in [0.717, 1.165) is 35.0 Å². The van der Waals surface area contributed by atoms with E-state index in [1.54, 1.807) is 0 Å². The van der Waals surface area contributed by atoms with Gasteiger partial charge in [-0.2, -0.15) is 0 Å². The minimum atomic E-state index is 0.501. The fraction of sp³-hybridized carbons (Fsp3) is 0.600. The van der Waals surface area contributed by atoms with Crippen molar-refractivity contribution in [1.82, 2.24) is 5.32 Å². The molecule has 1 rings (SSSR count). The molecular formula is C15H23Cl2N. The van der Waals surface area contributed by atoms with Crippen molar-refractivity contribution in [3.05, 3.63) is 33.8 Å². The summed E-state index contributed by atoms with van der Waals surface area (Å²) in [5.41, 5.74) is 1.15. The van der Waals surface area contributed by atoms with E-state index in [-0.39, 0.29) is 0 Å². The van der Waals surface area contributed by atoms with Gasteiger partial charge in [0.15, 0.2) is 0 Å². The van der Waals surface area contributed by atoms with Crippen LogP contribution >= 0.6 is 23.2 Å². The molecule has 3 heteroatoms. The molecule has 0 aliphatic rings. The normalized spacial score (nSPS) is 12.7. The third-order valence-corrected chi connectivity index (χ3v) is 3.67. The van der Waals surface area contributed by atoms with Crippen molar-refractivity contribution in [2.24, 2.45) is 0 Å². The van der Waals surface area contributed by atoms with Crippen LogP contribution in [0.25, 0.3) is 0 Å². The van der Waals surface area contributed by atoms with E-state index in [0.29, 0.717) is 6.04 Å². The molecular weight excluding hydrogens is 265 g/mol. The molecule has 0 bridgehead atoms. The molecule has 0 amide bonds. The fourth-order valence-electron chi connectivity index (χ4n) is 2.04. The second-order valence-electron chi connectivity index (χ2n) is 4.73. The predicted molar refractivity (Wildman–Crippen MR) is 81.8 cm³/mol. The van der Waals surface area contributed by atoms with Crippen molar-refractivity contribution < 1.29 is 0 Å². The zero-order chi connectivity index (χ0) is 13.4. The first kappa shape index (κ1) is 15.8. The Balaban J connectivity index is 2.65. The van der Waals surface area contributed by atoms with Crippen LogP contribution in [0.1, 0.15) is 45.1 Å². The van der Waals surface area contributed by atoms with Crippen LogP contribution in [-0.4, -0.2) is 12.6 Å². The number of benzene rings is 1. The van der Waals surface area contributed by atoms with Crippen molar-refractivity contribution in [1.29, 1.82) is 0 Å². The largest absolute Gasteiger partial charge is 0.314 e. The molecule has 0 aliphatic heterocycles. The number of nitrogens with one attached hydrogen (secondary N) is 1. The highest BCUT2D eigenvalue weighted by Crippen LogP contribution is 2.22. The van der Waals surface area contributed by atoms with Crippen LogP contribution in [0.2, 0.25) is 10.0 Å². The zero-order valence-electron chi connectivity index (χ0n) is 11.3. The van der Waals surface area contributed by atoms with Gasteiger partial charge in [-0.15, -0.1) is 0 Å². The van der Waals surface area contributed by atoms with Gasteiger partial charge in [-0.25, -0.2) is 0 Å². The summed E-state index contributed by atoms with van der Waals surface area (Å²) in [7, 11) is 0. The van der Waals surface area contributed by atoms with E-state index in [4.69, 9.17) is 23.2 Å². The Bertz CT molecular complexity index is 344. The predicted octanol–water partition coefficient (Wildman–Crippen LogP) is 5.09. The van der Waals surface area contributed by atoms with Gasteiger partial charge in [0, 0.05) is 16.1 Å². The average Bonchev–Trinajstić information content (AvgIpc) is 2.37. The Hall–Kier alpha value is -0.240. The van der Waals surface area contributed by atoms with Crippen LogP contribution < -0.4 is 5.32 Å². The minimum Gasteiger partial charge on any atom is -0.314 e. The standard InChI is InChI=1S/C15H23Cl2N/c1-3-5-6-14(18-9-4-2)11-12-10-13(16)7-8-15(12)17/h7-8,10,14,18H,3-6,9,11H2,1-2H3. The molecule has 18 heavy (non-hydrogen) atoms.